The first-order valence-electron chi connectivity index (χ1n) is 10.9. The minimum absolute atomic E-state index is 0.00449. The molecule has 32 heavy (non-hydrogen) atoms. The Kier molecular flexibility index (Phi) is 12.1. The monoisotopic (exact) mass is 457 g/mol. The van der Waals surface area contributed by atoms with Crippen LogP contribution >= 0.6 is 0 Å². The third-order valence-corrected chi connectivity index (χ3v) is 4.97. The summed E-state index contributed by atoms with van der Waals surface area (Å²) < 4.78 is 14.8. The zero-order chi connectivity index (χ0) is 24.0. The first-order valence-corrected chi connectivity index (χ1v) is 10.9. The van der Waals surface area contributed by atoms with Crippen LogP contribution in [0.1, 0.15) is 59.3 Å². The van der Waals surface area contributed by atoms with Crippen LogP contribution in [0.2, 0.25) is 0 Å². The van der Waals surface area contributed by atoms with Gasteiger partial charge in [-0.1, -0.05) is 18.5 Å². The van der Waals surface area contributed by atoms with E-state index in [0.29, 0.717) is 25.7 Å². The van der Waals surface area contributed by atoms with E-state index in [1.54, 1.807) is 13.8 Å². The maximum atomic E-state index is 12.3. The third kappa shape index (κ3) is 8.74. The van der Waals surface area contributed by atoms with Crippen molar-refractivity contribution in [3.05, 3.63) is 11.8 Å². The first kappa shape index (κ1) is 27.2. The van der Waals surface area contributed by atoms with Gasteiger partial charge in [0, 0.05) is 6.61 Å². The minimum Gasteiger partial charge on any atom is -0.463 e. The summed E-state index contributed by atoms with van der Waals surface area (Å²) in [6.45, 7) is 5.62. The molecule has 0 radical (unpaired) electrons. The number of hydrogen-bond donors (Lipinski definition) is 3. The van der Waals surface area contributed by atoms with E-state index in [4.69, 9.17) is 24.8 Å². The second-order valence-corrected chi connectivity index (χ2v) is 7.37. The van der Waals surface area contributed by atoms with E-state index in [1.165, 1.54) is 0 Å². The molecule has 0 spiro atoms. The van der Waals surface area contributed by atoms with Gasteiger partial charge in [-0.15, -0.1) is 0 Å². The van der Waals surface area contributed by atoms with E-state index in [2.05, 4.69) is 10.5 Å². The standard InChI is InChI=1S/C21H35N3O8/c1-4-7-12-31-20(28)23-21(10-8-15(14-21)9-11-25)19(22)24-32-16(18(27)30-6-3)13-17(26)29-5-2/h13,15,25H,4-12,14H2,1-3H3,(H2,22,24)(H,23,28). The van der Waals surface area contributed by atoms with Crippen LogP contribution in [0, 0.1) is 5.92 Å². The summed E-state index contributed by atoms with van der Waals surface area (Å²) in [5, 5.41) is 15.9. The van der Waals surface area contributed by atoms with Gasteiger partial charge in [0.25, 0.3) is 0 Å². The van der Waals surface area contributed by atoms with E-state index in [9.17, 15) is 19.5 Å². The summed E-state index contributed by atoms with van der Waals surface area (Å²) in [5.41, 5.74) is 5.11. The number of aliphatic hydroxyl groups is 1. The second-order valence-electron chi connectivity index (χ2n) is 7.37. The molecule has 11 heteroatoms. The fraction of sp³-hybridized carbons (Fsp3) is 0.714. The Hall–Kier alpha value is -2.82. The molecule has 0 aromatic heterocycles. The first-order chi connectivity index (χ1) is 15.3. The number of carbonyl (C=O) groups is 3. The molecule has 2 unspecified atom stereocenters. The Morgan fingerprint density at radius 3 is 2.53 bits per heavy atom. The van der Waals surface area contributed by atoms with Crippen molar-refractivity contribution < 1.29 is 38.5 Å². The highest BCUT2D eigenvalue weighted by Gasteiger charge is 2.44. The molecule has 1 amide bonds. The lowest BCUT2D eigenvalue weighted by molar-refractivity contribution is -0.144. The predicted molar refractivity (Wildman–Crippen MR) is 115 cm³/mol. The number of esters is 2. The van der Waals surface area contributed by atoms with Crippen molar-refractivity contribution in [3.8, 4) is 0 Å². The van der Waals surface area contributed by atoms with E-state index < -0.39 is 29.3 Å². The van der Waals surface area contributed by atoms with Gasteiger partial charge < -0.3 is 35.2 Å². The van der Waals surface area contributed by atoms with Crippen molar-refractivity contribution in [3.63, 3.8) is 0 Å². The van der Waals surface area contributed by atoms with Crippen LogP contribution in [0.4, 0.5) is 4.79 Å². The highest BCUT2D eigenvalue weighted by atomic mass is 16.7. The summed E-state index contributed by atoms with van der Waals surface area (Å²) >= 11 is 0. The van der Waals surface area contributed by atoms with Gasteiger partial charge in [-0.2, -0.15) is 0 Å². The lowest BCUT2D eigenvalue weighted by Crippen LogP contribution is -2.56. The molecule has 1 fully saturated rings. The van der Waals surface area contributed by atoms with Crippen molar-refractivity contribution in [1.82, 2.24) is 5.32 Å². The molecule has 0 heterocycles. The van der Waals surface area contributed by atoms with Crippen molar-refractivity contribution >= 4 is 23.9 Å². The number of carbonyl (C=O) groups excluding carboxylic acids is 3. The van der Waals surface area contributed by atoms with Crippen LogP contribution in [-0.4, -0.2) is 60.9 Å². The second kappa shape index (κ2) is 14.3. The van der Waals surface area contributed by atoms with Gasteiger partial charge in [0.05, 0.1) is 25.9 Å². The fourth-order valence-corrected chi connectivity index (χ4v) is 3.33. The lowest BCUT2D eigenvalue weighted by atomic mass is 9.93. The van der Waals surface area contributed by atoms with Crippen molar-refractivity contribution in [2.24, 2.45) is 16.8 Å². The van der Waals surface area contributed by atoms with Crippen molar-refractivity contribution in [1.29, 1.82) is 0 Å². The van der Waals surface area contributed by atoms with Crippen LogP contribution in [0.15, 0.2) is 17.0 Å². The van der Waals surface area contributed by atoms with Gasteiger partial charge >= 0.3 is 18.0 Å². The normalized spacial score (nSPS) is 21.1. The summed E-state index contributed by atoms with van der Waals surface area (Å²) in [4.78, 5) is 41.3. The molecule has 0 aromatic rings. The molecule has 1 rings (SSSR count). The molecule has 1 aliphatic carbocycles. The number of alkyl carbamates (subject to hydrolysis) is 1. The van der Waals surface area contributed by atoms with Crippen molar-refractivity contribution in [2.45, 2.75) is 64.8 Å². The summed E-state index contributed by atoms with van der Waals surface area (Å²) in [7, 11) is 0. The van der Waals surface area contributed by atoms with Gasteiger partial charge in [-0.3, -0.25) is 0 Å². The van der Waals surface area contributed by atoms with E-state index in [0.717, 1.165) is 18.9 Å². The molecule has 2 atom stereocenters. The summed E-state index contributed by atoms with van der Waals surface area (Å²) in [6, 6.07) is 0. The van der Waals surface area contributed by atoms with Gasteiger partial charge in [-0.05, 0) is 51.9 Å². The van der Waals surface area contributed by atoms with Crippen LogP contribution < -0.4 is 11.1 Å². The largest absolute Gasteiger partial charge is 0.463 e. The molecule has 4 N–H and O–H groups in total. The predicted octanol–water partition coefficient (Wildman–Crippen LogP) is 1.73. The highest BCUT2D eigenvalue weighted by Crippen LogP contribution is 2.37. The summed E-state index contributed by atoms with van der Waals surface area (Å²) in [6.07, 6.45) is 3.85. The number of aliphatic hydroxyl groups excluding tert-OH is 1. The molecule has 0 aliphatic heterocycles. The molecule has 182 valence electrons. The molecular formula is C21H35N3O8. The average Bonchev–Trinajstić information content (AvgIpc) is 3.15. The highest BCUT2D eigenvalue weighted by molar-refractivity contribution is 5.96. The number of amidine groups is 1. The maximum Gasteiger partial charge on any atom is 0.407 e. The van der Waals surface area contributed by atoms with Crippen LogP contribution in [0.25, 0.3) is 0 Å². The molecule has 0 aromatic carbocycles. The van der Waals surface area contributed by atoms with E-state index >= 15 is 0 Å². The molecule has 0 bridgehead atoms. The molecule has 0 saturated heterocycles. The van der Waals surface area contributed by atoms with Crippen LogP contribution in [0.3, 0.4) is 0 Å². The molecule has 1 aliphatic rings. The van der Waals surface area contributed by atoms with E-state index in [1.807, 2.05) is 6.92 Å². The third-order valence-electron chi connectivity index (χ3n) is 4.97. The number of nitrogens with two attached hydrogens (primary N) is 1. The quantitative estimate of drug-likeness (QED) is 0.0547. The topological polar surface area (TPSA) is 159 Å². The molecule has 11 nitrogen and oxygen atoms in total. The smallest absolute Gasteiger partial charge is 0.407 e. The number of oxime groups is 1. The van der Waals surface area contributed by atoms with Crippen LogP contribution in [0.5, 0.6) is 0 Å². The van der Waals surface area contributed by atoms with E-state index in [-0.39, 0.29) is 38.2 Å². The maximum absolute atomic E-state index is 12.3. The Morgan fingerprint density at radius 2 is 1.91 bits per heavy atom. The number of nitrogens with zero attached hydrogens (tertiary/aromatic N) is 1. The SMILES string of the molecule is CCCCOC(=O)NC1(C(N)=NOC(=CC(=O)OCC)C(=O)OCC)CCC(CCO)C1. The van der Waals surface area contributed by atoms with Crippen LogP contribution in [-0.2, 0) is 28.6 Å². The summed E-state index contributed by atoms with van der Waals surface area (Å²) in [5.74, 6) is -2.21. The van der Waals surface area contributed by atoms with Gasteiger partial charge in [0.15, 0.2) is 5.84 Å². The minimum atomic E-state index is -1.08. The fourth-order valence-electron chi connectivity index (χ4n) is 3.33. The number of rotatable bonds is 13. The average molecular weight is 458 g/mol. The number of hydrogen-bond acceptors (Lipinski definition) is 9. The number of ether oxygens (including phenoxy) is 3. The Balaban J connectivity index is 3.07. The number of amides is 1. The molecule has 1 saturated carbocycles. The lowest BCUT2D eigenvalue weighted by Gasteiger charge is -2.29. The zero-order valence-corrected chi connectivity index (χ0v) is 19.1. The van der Waals surface area contributed by atoms with Gasteiger partial charge in [0.2, 0.25) is 5.76 Å². The van der Waals surface area contributed by atoms with Gasteiger partial charge in [-0.25, -0.2) is 14.4 Å². The number of nitrogens with one attached hydrogen (secondary N) is 1. The zero-order valence-electron chi connectivity index (χ0n) is 19.1. The Labute approximate surface area is 188 Å². The van der Waals surface area contributed by atoms with Gasteiger partial charge in [0.1, 0.15) is 5.54 Å². The van der Waals surface area contributed by atoms with Crippen molar-refractivity contribution in [2.75, 3.05) is 26.4 Å². The Bertz CT molecular complexity index is 695. The Morgan fingerprint density at radius 1 is 1.19 bits per heavy atom. The number of unbranched alkanes of at least 4 members (excludes halogenated alkanes) is 1. The molecular weight excluding hydrogens is 422 g/mol.